The largest absolute Gasteiger partial charge is 0.481 e. The minimum atomic E-state index is -0.814. The van der Waals surface area contributed by atoms with Crippen molar-refractivity contribution in [3.63, 3.8) is 0 Å². The van der Waals surface area contributed by atoms with Crippen LogP contribution in [0.5, 0.6) is 0 Å². The number of aliphatic carboxylic acids is 1. The van der Waals surface area contributed by atoms with Crippen LogP contribution < -0.4 is 0 Å². The van der Waals surface area contributed by atoms with Gasteiger partial charge in [-0.1, -0.05) is 6.07 Å². The van der Waals surface area contributed by atoms with Gasteiger partial charge in [0.05, 0.1) is 22.9 Å². The lowest BCUT2D eigenvalue weighted by atomic mass is 9.98. The maximum absolute atomic E-state index is 12.3. The van der Waals surface area contributed by atoms with E-state index in [0.29, 0.717) is 19.5 Å². The Kier molecular flexibility index (Phi) is 4.54. The van der Waals surface area contributed by atoms with Gasteiger partial charge in [-0.15, -0.1) is 22.7 Å². The SMILES string of the molecule is O=C(O)[C@@H]1CCCN(C(=O)Cc2csc(-c3cccs3)n2)C1. The number of hydrogen-bond acceptors (Lipinski definition) is 5. The van der Waals surface area contributed by atoms with Crippen LogP contribution in [0.15, 0.2) is 22.9 Å². The highest BCUT2D eigenvalue weighted by Gasteiger charge is 2.28. The maximum atomic E-state index is 12.3. The molecule has 1 amide bonds. The summed E-state index contributed by atoms with van der Waals surface area (Å²) < 4.78 is 0. The Hall–Kier alpha value is -1.73. The van der Waals surface area contributed by atoms with Gasteiger partial charge in [-0.3, -0.25) is 9.59 Å². The Morgan fingerprint density at radius 2 is 2.27 bits per heavy atom. The minimum Gasteiger partial charge on any atom is -0.481 e. The average Bonchev–Trinajstić information content (AvgIpc) is 3.18. The molecule has 1 aliphatic rings. The molecule has 5 nitrogen and oxygen atoms in total. The van der Waals surface area contributed by atoms with Crippen LogP contribution in [-0.2, 0) is 16.0 Å². The van der Waals surface area contributed by atoms with Gasteiger partial charge < -0.3 is 10.0 Å². The fourth-order valence-electron chi connectivity index (χ4n) is 2.57. The van der Waals surface area contributed by atoms with E-state index in [0.717, 1.165) is 22.0 Å². The fraction of sp³-hybridized carbons (Fsp3) is 0.400. The predicted octanol–water partition coefficient (Wildman–Crippen LogP) is 2.74. The van der Waals surface area contributed by atoms with Crippen molar-refractivity contribution in [2.75, 3.05) is 13.1 Å². The number of amides is 1. The van der Waals surface area contributed by atoms with Gasteiger partial charge in [0.1, 0.15) is 5.01 Å². The van der Waals surface area contributed by atoms with E-state index in [1.807, 2.05) is 22.9 Å². The van der Waals surface area contributed by atoms with Crippen molar-refractivity contribution in [3.8, 4) is 9.88 Å². The molecule has 22 heavy (non-hydrogen) atoms. The lowest BCUT2D eigenvalue weighted by Crippen LogP contribution is -2.43. The average molecular weight is 336 g/mol. The summed E-state index contributed by atoms with van der Waals surface area (Å²) in [5.41, 5.74) is 0.760. The van der Waals surface area contributed by atoms with Gasteiger partial charge >= 0.3 is 5.97 Å². The van der Waals surface area contributed by atoms with E-state index in [9.17, 15) is 9.59 Å². The summed E-state index contributed by atoms with van der Waals surface area (Å²) >= 11 is 3.16. The molecular weight excluding hydrogens is 320 g/mol. The molecular formula is C15H16N2O3S2. The van der Waals surface area contributed by atoms with Gasteiger partial charge in [-0.05, 0) is 24.3 Å². The topological polar surface area (TPSA) is 70.5 Å². The van der Waals surface area contributed by atoms with E-state index in [2.05, 4.69) is 4.98 Å². The normalized spacial score (nSPS) is 18.4. The molecule has 1 aliphatic heterocycles. The molecule has 3 heterocycles. The van der Waals surface area contributed by atoms with Crippen LogP contribution in [0.1, 0.15) is 18.5 Å². The van der Waals surface area contributed by atoms with Crippen LogP contribution in [0, 0.1) is 5.92 Å². The number of thiazole rings is 1. The van der Waals surface area contributed by atoms with Crippen molar-refractivity contribution in [1.82, 2.24) is 9.88 Å². The molecule has 2 aromatic heterocycles. The van der Waals surface area contributed by atoms with Crippen molar-refractivity contribution in [2.24, 2.45) is 5.92 Å². The van der Waals surface area contributed by atoms with Gasteiger partial charge in [-0.2, -0.15) is 0 Å². The first-order valence-electron chi connectivity index (χ1n) is 7.12. The maximum Gasteiger partial charge on any atom is 0.308 e. The van der Waals surface area contributed by atoms with E-state index in [1.165, 1.54) is 11.3 Å². The molecule has 7 heteroatoms. The molecule has 1 atom stereocenters. The number of carboxylic acids is 1. The van der Waals surface area contributed by atoms with Crippen LogP contribution in [0.3, 0.4) is 0 Å². The third-order valence-electron chi connectivity index (χ3n) is 3.74. The van der Waals surface area contributed by atoms with Crippen LogP contribution in [0.4, 0.5) is 0 Å². The van der Waals surface area contributed by atoms with Gasteiger partial charge in [0.2, 0.25) is 5.91 Å². The second kappa shape index (κ2) is 6.58. The molecule has 3 rings (SSSR count). The summed E-state index contributed by atoms with van der Waals surface area (Å²) in [6.07, 6.45) is 1.65. The molecule has 1 N–H and O–H groups in total. The Labute approximate surface area is 136 Å². The molecule has 0 aliphatic carbocycles. The Morgan fingerprint density at radius 3 is 3.00 bits per heavy atom. The standard InChI is InChI=1S/C15H16N2O3S2/c18-13(17-5-1-3-10(8-17)15(19)20)7-11-9-22-14(16-11)12-4-2-6-21-12/h2,4,6,9-10H,1,3,5,7-8H2,(H,19,20)/t10-/m1/s1. The number of carbonyl (C=O) groups is 2. The molecule has 0 bridgehead atoms. The lowest BCUT2D eigenvalue weighted by molar-refractivity contribution is -0.145. The van der Waals surface area contributed by atoms with Crippen LogP contribution >= 0.6 is 22.7 Å². The number of carbonyl (C=O) groups excluding carboxylic acids is 1. The van der Waals surface area contributed by atoms with Gasteiger partial charge in [-0.25, -0.2) is 4.98 Å². The number of piperidine rings is 1. The monoisotopic (exact) mass is 336 g/mol. The second-order valence-electron chi connectivity index (χ2n) is 5.32. The number of carboxylic acid groups (broad SMARTS) is 1. The zero-order valence-corrected chi connectivity index (χ0v) is 13.5. The first-order chi connectivity index (χ1) is 10.6. The summed E-state index contributed by atoms with van der Waals surface area (Å²) in [6, 6.07) is 3.99. The highest BCUT2D eigenvalue weighted by Crippen LogP contribution is 2.28. The van der Waals surface area contributed by atoms with Crippen molar-refractivity contribution in [2.45, 2.75) is 19.3 Å². The van der Waals surface area contributed by atoms with Crippen molar-refractivity contribution >= 4 is 34.6 Å². The summed E-state index contributed by atoms with van der Waals surface area (Å²) in [7, 11) is 0. The Bertz CT molecular complexity index is 666. The lowest BCUT2D eigenvalue weighted by Gasteiger charge is -2.30. The van der Waals surface area contributed by atoms with E-state index < -0.39 is 11.9 Å². The second-order valence-corrected chi connectivity index (χ2v) is 7.12. The number of rotatable bonds is 4. The highest BCUT2D eigenvalue weighted by molar-refractivity contribution is 7.20. The van der Waals surface area contributed by atoms with E-state index >= 15 is 0 Å². The summed E-state index contributed by atoms with van der Waals surface area (Å²) in [5, 5.41) is 13.9. The zero-order valence-electron chi connectivity index (χ0n) is 11.9. The Balaban J connectivity index is 1.63. The number of aromatic nitrogens is 1. The number of nitrogens with zero attached hydrogens (tertiary/aromatic N) is 2. The molecule has 0 saturated carbocycles. The number of hydrogen-bond donors (Lipinski definition) is 1. The molecule has 0 aromatic carbocycles. The summed E-state index contributed by atoms with van der Waals surface area (Å²) in [4.78, 5) is 30.7. The molecule has 0 unspecified atom stereocenters. The van der Waals surface area contributed by atoms with Crippen molar-refractivity contribution in [3.05, 3.63) is 28.6 Å². The van der Waals surface area contributed by atoms with Crippen molar-refractivity contribution in [1.29, 1.82) is 0 Å². The smallest absolute Gasteiger partial charge is 0.308 e. The molecule has 0 spiro atoms. The van der Waals surface area contributed by atoms with Gasteiger partial charge in [0.25, 0.3) is 0 Å². The number of thiophene rings is 1. The fourth-order valence-corrected chi connectivity index (χ4v) is 4.21. The van der Waals surface area contributed by atoms with E-state index in [1.54, 1.807) is 16.2 Å². The predicted molar refractivity (Wildman–Crippen MR) is 86.1 cm³/mol. The van der Waals surface area contributed by atoms with E-state index in [4.69, 9.17) is 5.11 Å². The van der Waals surface area contributed by atoms with Crippen LogP contribution in [0.25, 0.3) is 9.88 Å². The van der Waals surface area contributed by atoms with Crippen molar-refractivity contribution < 1.29 is 14.7 Å². The third-order valence-corrected chi connectivity index (χ3v) is 5.67. The first-order valence-corrected chi connectivity index (χ1v) is 8.88. The van der Waals surface area contributed by atoms with Gasteiger partial charge in [0, 0.05) is 18.5 Å². The summed E-state index contributed by atoms with van der Waals surface area (Å²) in [6.45, 7) is 0.959. The molecule has 2 aromatic rings. The highest BCUT2D eigenvalue weighted by atomic mass is 32.1. The molecule has 1 fully saturated rings. The minimum absolute atomic E-state index is 0.0334. The van der Waals surface area contributed by atoms with Crippen LogP contribution in [0.2, 0.25) is 0 Å². The Morgan fingerprint density at radius 1 is 1.41 bits per heavy atom. The molecule has 116 valence electrons. The van der Waals surface area contributed by atoms with Crippen LogP contribution in [-0.4, -0.2) is 40.0 Å². The quantitative estimate of drug-likeness (QED) is 0.932. The molecule has 1 saturated heterocycles. The third kappa shape index (κ3) is 3.36. The number of likely N-dealkylation sites (tertiary alicyclic amines) is 1. The molecule has 0 radical (unpaired) electrons. The summed E-state index contributed by atoms with van der Waals surface area (Å²) in [5.74, 6) is -1.28. The first kappa shape index (κ1) is 15.2. The van der Waals surface area contributed by atoms with Gasteiger partial charge in [0.15, 0.2) is 0 Å². The van der Waals surface area contributed by atoms with E-state index in [-0.39, 0.29) is 12.3 Å². The zero-order chi connectivity index (χ0) is 15.5.